The number of aromatic nitrogens is 1. The van der Waals surface area contributed by atoms with Gasteiger partial charge < -0.3 is 9.88 Å². The minimum Gasteiger partial charge on any atom is -0.342 e. The minimum absolute atomic E-state index is 0.0552. The number of carbonyl (C=O) groups excluding carboxylic acids is 1. The summed E-state index contributed by atoms with van der Waals surface area (Å²) in [6, 6.07) is 19.1. The van der Waals surface area contributed by atoms with Crippen molar-refractivity contribution < 1.29 is 4.79 Å². The van der Waals surface area contributed by atoms with E-state index in [1.807, 2.05) is 78.5 Å². The molecule has 1 amide bonds. The molecule has 1 heterocycles. The van der Waals surface area contributed by atoms with Crippen LogP contribution in [0.15, 0.2) is 73.1 Å². The van der Waals surface area contributed by atoms with Gasteiger partial charge in [0.1, 0.15) is 6.04 Å². The van der Waals surface area contributed by atoms with Crippen molar-refractivity contribution in [2.24, 2.45) is 0 Å². The number of aryl methyl sites for hydroxylation is 1. The van der Waals surface area contributed by atoms with E-state index in [0.29, 0.717) is 11.4 Å². The summed E-state index contributed by atoms with van der Waals surface area (Å²) in [5.41, 5.74) is 2.85. The molecule has 2 aromatic carbocycles. The van der Waals surface area contributed by atoms with E-state index < -0.39 is 0 Å². The van der Waals surface area contributed by atoms with Crippen molar-refractivity contribution in [3.05, 3.63) is 89.2 Å². The van der Waals surface area contributed by atoms with Crippen molar-refractivity contribution in [2.75, 3.05) is 5.32 Å². The largest absolute Gasteiger partial charge is 0.342 e. The zero-order valence-corrected chi connectivity index (χ0v) is 14.2. The van der Waals surface area contributed by atoms with Crippen LogP contribution >= 0.6 is 11.6 Å². The molecule has 0 spiro atoms. The number of hydrogen-bond acceptors (Lipinski definition) is 1. The molecular weight excluding hydrogens is 320 g/mol. The van der Waals surface area contributed by atoms with Gasteiger partial charge in [0.05, 0.1) is 0 Å². The fraction of sp³-hybridized carbons (Fsp3) is 0.150. The average Bonchev–Trinajstić information content (AvgIpc) is 3.11. The van der Waals surface area contributed by atoms with Crippen molar-refractivity contribution in [1.82, 2.24) is 4.57 Å². The number of benzene rings is 2. The lowest BCUT2D eigenvalue weighted by Gasteiger charge is -2.20. The summed E-state index contributed by atoms with van der Waals surface area (Å²) in [6.45, 7) is 1.95. The average molecular weight is 339 g/mol. The normalized spacial score (nSPS) is 11.9. The number of hydrogen-bond donors (Lipinski definition) is 1. The maximum Gasteiger partial charge on any atom is 0.247 e. The number of anilines is 1. The predicted molar refractivity (Wildman–Crippen MR) is 98.4 cm³/mol. The van der Waals surface area contributed by atoms with Crippen molar-refractivity contribution in [3.8, 4) is 0 Å². The van der Waals surface area contributed by atoms with Crippen molar-refractivity contribution >= 4 is 23.2 Å². The Bertz CT molecular complexity index is 813. The number of halogens is 1. The van der Waals surface area contributed by atoms with Crippen LogP contribution in [0.4, 0.5) is 5.69 Å². The van der Waals surface area contributed by atoms with Gasteiger partial charge in [-0.1, -0.05) is 48.0 Å². The van der Waals surface area contributed by atoms with Crippen LogP contribution in [0.2, 0.25) is 5.02 Å². The number of nitrogens with zero attached hydrogens (tertiary/aromatic N) is 1. The molecule has 0 aliphatic rings. The highest BCUT2D eigenvalue weighted by atomic mass is 35.5. The molecule has 3 nitrogen and oxygen atoms in total. The van der Waals surface area contributed by atoms with Crippen LogP contribution in [0.25, 0.3) is 0 Å². The number of carbonyl (C=O) groups is 1. The van der Waals surface area contributed by atoms with Crippen LogP contribution in [0, 0.1) is 6.92 Å². The van der Waals surface area contributed by atoms with Gasteiger partial charge in [-0.2, -0.15) is 0 Å². The van der Waals surface area contributed by atoms with E-state index in [4.69, 9.17) is 11.6 Å². The Hall–Kier alpha value is -2.52. The minimum atomic E-state index is -0.319. The first-order valence-electron chi connectivity index (χ1n) is 7.87. The molecule has 0 bridgehead atoms. The van der Waals surface area contributed by atoms with Crippen LogP contribution < -0.4 is 5.32 Å². The molecule has 3 aromatic rings. The van der Waals surface area contributed by atoms with Gasteiger partial charge in [0.25, 0.3) is 0 Å². The molecule has 0 saturated heterocycles. The highest BCUT2D eigenvalue weighted by Crippen LogP contribution is 2.23. The van der Waals surface area contributed by atoms with Crippen molar-refractivity contribution in [3.63, 3.8) is 0 Å². The Morgan fingerprint density at radius 3 is 2.50 bits per heavy atom. The molecule has 3 rings (SSSR count). The lowest BCUT2D eigenvalue weighted by Crippen LogP contribution is -2.27. The highest BCUT2D eigenvalue weighted by molar-refractivity contribution is 6.31. The maximum absolute atomic E-state index is 12.9. The summed E-state index contributed by atoms with van der Waals surface area (Å²) in [5.74, 6) is -0.0552. The van der Waals surface area contributed by atoms with E-state index >= 15 is 0 Å². The van der Waals surface area contributed by atoms with Gasteiger partial charge in [-0.3, -0.25) is 4.79 Å². The third-order valence-corrected chi connectivity index (χ3v) is 4.25. The monoisotopic (exact) mass is 338 g/mol. The van der Waals surface area contributed by atoms with E-state index in [9.17, 15) is 4.79 Å². The number of rotatable bonds is 5. The fourth-order valence-corrected chi connectivity index (χ4v) is 2.84. The van der Waals surface area contributed by atoms with Gasteiger partial charge >= 0.3 is 0 Å². The Morgan fingerprint density at radius 2 is 1.79 bits per heavy atom. The fourth-order valence-electron chi connectivity index (χ4n) is 2.67. The third-order valence-electron chi connectivity index (χ3n) is 4.02. The lowest BCUT2D eigenvalue weighted by atomic mass is 10.0. The summed E-state index contributed by atoms with van der Waals surface area (Å²) in [6.07, 6.45) is 4.46. The number of amides is 1. The van der Waals surface area contributed by atoms with Gasteiger partial charge in [0, 0.05) is 29.5 Å². The van der Waals surface area contributed by atoms with Crippen LogP contribution in [-0.2, 0) is 11.2 Å². The summed E-state index contributed by atoms with van der Waals surface area (Å²) < 4.78 is 1.93. The smallest absolute Gasteiger partial charge is 0.247 e. The van der Waals surface area contributed by atoms with Crippen molar-refractivity contribution in [2.45, 2.75) is 19.4 Å². The van der Waals surface area contributed by atoms with Crippen LogP contribution in [0.3, 0.4) is 0 Å². The third kappa shape index (κ3) is 3.87. The molecule has 1 atom stereocenters. The zero-order chi connectivity index (χ0) is 16.9. The molecule has 0 aliphatic carbocycles. The maximum atomic E-state index is 12.9. The molecule has 0 saturated carbocycles. The molecule has 1 aromatic heterocycles. The molecule has 0 aliphatic heterocycles. The molecule has 24 heavy (non-hydrogen) atoms. The van der Waals surface area contributed by atoms with E-state index in [-0.39, 0.29) is 11.9 Å². The van der Waals surface area contributed by atoms with E-state index in [1.165, 1.54) is 0 Å². The van der Waals surface area contributed by atoms with Gasteiger partial charge in [0.2, 0.25) is 5.91 Å². The first-order valence-corrected chi connectivity index (χ1v) is 8.24. The quantitative estimate of drug-likeness (QED) is 0.707. The van der Waals surface area contributed by atoms with E-state index in [2.05, 4.69) is 5.32 Å². The second kappa shape index (κ2) is 7.37. The molecule has 4 heteroatoms. The number of nitrogens with one attached hydrogen (secondary N) is 1. The van der Waals surface area contributed by atoms with Crippen LogP contribution in [-0.4, -0.2) is 10.5 Å². The van der Waals surface area contributed by atoms with Crippen molar-refractivity contribution in [1.29, 1.82) is 0 Å². The lowest BCUT2D eigenvalue weighted by molar-refractivity contribution is -0.119. The first-order chi connectivity index (χ1) is 11.6. The Kier molecular flexibility index (Phi) is 5.02. The van der Waals surface area contributed by atoms with Gasteiger partial charge in [0.15, 0.2) is 0 Å². The summed E-state index contributed by atoms with van der Waals surface area (Å²) >= 11 is 6.05. The van der Waals surface area contributed by atoms with Gasteiger partial charge in [-0.15, -0.1) is 0 Å². The molecular formula is C20H19ClN2O. The molecule has 122 valence electrons. The molecule has 1 unspecified atom stereocenters. The SMILES string of the molecule is Cc1ccc(Cl)cc1NC(=O)C(Cc1ccccc1)n1cccc1. The Balaban J connectivity index is 1.85. The second-order valence-electron chi connectivity index (χ2n) is 5.78. The molecule has 1 N–H and O–H groups in total. The van der Waals surface area contributed by atoms with Gasteiger partial charge in [-0.25, -0.2) is 0 Å². The van der Waals surface area contributed by atoms with Crippen LogP contribution in [0.5, 0.6) is 0 Å². The standard InChI is InChI=1S/C20H19ClN2O/c1-15-9-10-17(21)14-18(15)22-20(24)19(23-11-5-6-12-23)13-16-7-3-2-4-8-16/h2-12,14,19H,13H2,1H3,(H,22,24). The summed E-state index contributed by atoms with van der Waals surface area (Å²) in [7, 11) is 0. The van der Waals surface area contributed by atoms with Crippen LogP contribution in [0.1, 0.15) is 17.2 Å². The van der Waals surface area contributed by atoms with Gasteiger partial charge in [-0.05, 0) is 42.3 Å². The molecule has 0 radical (unpaired) electrons. The Labute approximate surface area is 146 Å². The predicted octanol–water partition coefficient (Wildman–Crippen LogP) is 4.87. The first kappa shape index (κ1) is 16.3. The highest BCUT2D eigenvalue weighted by Gasteiger charge is 2.21. The van der Waals surface area contributed by atoms with E-state index in [0.717, 1.165) is 16.8 Å². The summed E-state index contributed by atoms with van der Waals surface area (Å²) in [5, 5.41) is 3.62. The zero-order valence-electron chi connectivity index (χ0n) is 13.4. The summed E-state index contributed by atoms with van der Waals surface area (Å²) in [4.78, 5) is 12.9. The second-order valence-corrected chi connectivity index (χ2v) is 6.22. The topological polar surface area (TPSA) is 34.0 Å². The van der Waals surface area contributed by atoms with E-state index in [1.54, 1.807) is 6.07 Å². The molecule has 0 fully saturated rings. The Morgan fingerprint density at radius 1 is 1.08 bits per heavy atom.